The van der Waals surface area contributed by atoms with E-state index in [4.69, 9.17) is 4.74 Å². The molecule has 1 aliphatic rings. The average Bonchev–Trinajstić information content (AvgIpc) is 3.35. The summed E-state index contributed by atoms with van der Waals surface area (Å²) in [5.74, 6) is -1.01. The van der Waals surface area contributed by atoms with Crippen LogP contribution in [-0.4, -0.2) is 29.9 Å². The maximum Gasteiger partial charge on any atom is 0.348 e. The smallest absolute Gasteiger partial charge is 0.348 e. The van der Waals surface area contributed by atoms with E-state index in [0.29, 0.717) is 18.0 Å². The zero-order valence-corrected chi connectivity index (χ0v) is 15.9. The number of carbonyl (C=O) groups excluding carboxylic acids is 2. The average molecular weight is 401 g/mol. The zero-order valence-electron chi connectivity index (χ0n) is 14.3. The lowest BCUT2D eigenvalue weighted by Crippen LogP contribution is -2.38. The SMILES string of the molecule is O=C(OCC(=O)N1CCc2sccc2C1)c1ccc(-c2ccc(F)cc2)s1. The molecule has 4 nitrogen and oxygen atoms in total. The third-order valence-corrected chi connectivity index (χ3v) is 6.56. The Bertz CT molecular complexity index is 977. The molecule has 27 heavy (non-hydrogen) atoms. The van der Waals surface area contributed by atoms with Gasteiger partial charge in [0.05, 0.1) is 0 Å². The molecule has 0 unspecified atom stereocenters. The quantitative estimate of drug-likeness (QED) is 0.611. The van der Waals surface area contributed by atoms with Gasteiger partial charge in [0.1, 0.15) is 10.7 Å². The number of halogens is 1. The van der Waals surface area contributed by atoms with Gasteiger partial charge in [0.15, 0.2) is 6.61 Å². The van der Waals surface area contributed by atoms with Gasteiger partial charge in [0.2, 0.25) is 0 Å². The first-order chi connectivity index (χ1) is 13.1. The molecule has 1 amide bonds. The molecule has 0 fully saturated rings. The number of hydrogen-bond donors (Lipinski definition) is 0. The normalized spacial score (nSPS) is 13.3. The molecule has 138 valence electrons. The monoisotopic (exact) mass is 401 g/mol. The van der Waals surface area contributed by atoms with Crippen molar-refractivity contribution in [3.63, 3.8) is 0 Å². The van der Waals surface area contributed by atoms with Crippen molar-refractivity contribution in [1.29, 1.82) is 0 Å². The Kier molecular flexibility index (Phi) is 5.05. The van der Waals surface area contributed by atoms with Crippen LogP contribution in [0.4, 0.5) is 4.39 Å². The van der Waals surface area contributed by atoms with Crippen LogP contribution in [0.1, 0.15) is 20.1 Å². The van der Waals surface area contributed by atoms with Crippen LogP contribution in [-0.2, 0) is 22.5 Å². The first-order valence-electron chi connectivity index (χ1n) is 8.46. The number of ether oxygens (including phenoxy) is 1. The number of carbonyl (C=O) groups is 2. The maximum atomic E-state index is 13.0. The Morgan fingerprint density at radius 1 is 1.11 bits per heavy atom. The number of fused-ring (bicyclic) bond motifs is 1. The van der Waals surface area contributed by atoms with Crippen LogP contribution in [0.2, 0.25) is 0 Å². The Balaban J connectivity index is 1.34. The van der Waals surface area contributed by atoms with Crippen LogP contribution >= 0.6 is 22.7 Å². The molecule has 0 spiro atoms. The van der Waals surface area contributed by atoms with E-state index in [2.05, 4.69) is 0 Å². The molecule has 0 aliphatic carbocycles. The Hall–Kier alpha value is -2.51. The van der Waals surface area contributed by atoms with Crippen molar-refractivity contribution in [1.82, 2.24) is 4.90 Å². The van der Waals surface area contributed by atoms with E-state index in [-0.39, 0.29) is 18.3 Å². The maximum absolute atomic E-state index is 13.0. The highest BCUT2D eigenvalue weighted by atomic mass is 32.1. The van der Waals surface area contributed by atoms with Gasteiger partial charge in [0, 0.05) is 22.8 Å². The Labute approximate surface area is 163 Å². The van der Waals surface area contributed by atoms with Gasteiger partial charge in [-0.05, 0) is 53.3 Å². The van der Waals surface area contributed by atoms with E-state index in [9.17, 15) is 14.0 Å². The van der Waals surface area contributed by atoms with Gasteiger partial charge >= 0.3 is 5.97 Å². The number of nitrogens with zero attached hydrogens (tertiary/aromatic N) is 1. The second kappa shape index (κ2) is 7.62. The number of thiophene rings is 2. The highest BCUT2D eigenvalue weighted by Crippen LogP contribution is 2.29. The fraction of sp³-hybridized carbons (Fsp3) is 0.200. The molecule has 0 atom stereocenters. The van der Waals surface area contributed by atoms with Gasteiger partial charge in [-0.15, -0.1) is 22.7 Å². The molecular formula is C20H16FNO3S2. The molecule has 4 rings (SSSR count). The minimum absolute atomic E-state index is 0.185. The summed E-state index contributed by atoms with van der Waals surface area (Å²) in [6, 6.07) is 11.6. The first kappa shape index (κ1) is 17.9. The second-order valence-corrected chi connectivity index (χ2v) is 8.27. The van der Waals surface area contributed by atoms with Gasteiger partial charge in [-0.3, -0.25) is 4.79 Å². The van der Waals surface area contributed by atoms with Gasteiger partial charge in [-0.2, -0.15) is 0 Å². The fourth-order valence-corrected chi connectivity index (χ4v) is 4.76. The van der Waals surface area contributed by atoms with E-state index in [1.807, 2.05) is 11.4 Å². The summed E-state index contributed by atoms with van der Waals surface area (Å²) in [7, 11) is 0. The number of rotatable bonds is 4. The van der Waals surface area contributed by atoms with Crippen molar-refractivity contribution in [3.8, 4) is 10.4 Å². The summed E-state index contributed by atoms with van der Waals surface area (Å²) < 4.78 is 18.2. The van der Waals surface area contributed by atoms with E-state index < -0.39 is 5.97 Å². The lowest BCUT2D eigenvalue weighted by molar-refractivity contribution is -0.135. The van der Waals surface area contributed by atoms with Crippen LogP contribution < -0.4 is 0 Å². The molecule has 2 aromatic heterocycles. The van der Waals surface area contributed by atoms with Crippen LogP contribution in [0.25, 0.3) is 10.4 Å². The molecule has 0 N–H and O–H groups in total. The molecule has 0 bridgehead atoms. The minimum atomic E-state index is -0.519. The molecule has 0 saturated carbocycles. The summed E-state index contributed by atoms with van der Waals surface area (Å²) in [5, 5.41) is 2.04. The lowest BCUT2D eigenvalue weighted by atomic mass is 10.1. The zero-order chi connectivity index (χ0) is 18.8. The first-order valence-corrected chi connectivity index (χ1v) is 10.2. The number of hydrogen-bond acceptors (Lipinski definition) is 5. The largest absolute Gasteiger partial charge is 0.451 e. The number of amides is 1. The summed E-state index contributed by atoms with van der Waals surface area (Å²) >= 11 is 2.97. The third-order valence-electron chi connectivity index (χ3n) is 4.42. The van der Waals surface area contributed by atoms with Crippen LogP contribution in [0.3, 0.4) is 0 Å². The van der Waals surface area contributed by atoms with Gasteiger partial charge in [-0.25, -0.2) is 9.18 Å². The van der Waals surface area contributed by atoms with Crippen molar-refractivity contribution in [2.45, 2.75) is 13.0 Å². The van der Waals surface area contributed by atoms with E-state index in [1.54, 1.807) is 40.5 Å². The minimum Gasteiger partial charge on any atom is -0.451 e. The van der Waals surface area contributed by atoms with Crippen LogP contribution in [0.5, 0.6) is 0 Å². The fourth-order valence-electron chi connectivity index (χ4n) is 2.97. The molecule has 1 aliphatic heterocycles. The Morgan fingerprint density at radius 2 is 1.93 bits per heavy atom. The van der Waals surface area contributed by atoms with Crippen LogP contribution in [0.15, 0.2) is 47.8 Å². The van der Waals surface area contributed by atoms with E-state index in [1.165, 1.54) is 33.9 Å². The molecule has 3 aromatic rings. The molecule has 1 aromatic carbocycles. The standard InChI is InChI=1S/C20H16FNO3S2/c21-15-3-1-13(2-4-15)17-5-6-18(27-17)20(24)25-12-19(23)22-9-7-16-14(11-22)8-10-26-16/h1-6,8,10H,7,9,11-12H2. The molecule has 0 radical (unpaired) electrons. The summed E-state index contributed by atoms with van der Waals surface area (Å²) in [4.78, 5) is 28.9. The predicted octanol–water partition coefficient (Wildman–Crippen LogP) is 4.36. The molecule has 7 heteroatoms. The van der Waals surface area contributed by atoms with Gasteiger partial charge in [0.25, 0.3) is 5.91 Å². The Morgan fingerprint density at radius 3 is 2.74 bits per heavy atom. The van der Waals surface area contributed by atoms with Gasteiger partial charge < -0.3 is 9.64 Å². The van der Waals surface area contributed by atoms with Gasteiger partial charge in [-0.1, -0.05) is 12.1 Å². The van der Waals surface area contributed by atoms with Crippen molar-refractivity contribution >= 4 is 34.6 Å². The van der Waals surface area contributed by atoms with E-state index >= 15 is 0 Å². The highest BCUT2D eigenvalue weighted by molar-refractivity contribution is 7.17. The predicted molar refractivity (Wildman–Crippen MR) is 103 cm³/mol. The molecule has 0 saturated heterocycles. The van der Waals surface area contributed by atoms with Crippen LogP contribution in [0, 0.1) is 5.82 Å². The number of benzene rings is 1. The third kappa shape index (κ3) is 3.94. The van der Waals surface area contributed by atoms with Crippen molar-refractivity contribution in [2.24, 2.45) is 0 Å². The van der Waals surface area contributed by atoms with Crippen molar-refractivity contribution in [2.75, 3.05) is 13.2 Å². The second-order valence-electron chi connectivity index (χ2n) is 6.18. The summed E-state index contributed by atoms with van der Waals surface area (Å²) in [6.07, 6.45) is 0.846. The number of esters is 1. The summed E-state index contributed by atoms with van der Waals surface area (Å²) in [5.41, 5.74) is 2.00. The highest BCUT2D eigenvalue weighted by Gasteiger charge is 2.23. The molecular weight excluding hydrogens is 385 g/mol. The lowest BCUT2D eigenvalue weighted by Gasteiger charge is -2.26. The van der Waals surface area contributed by atoms with Crippen molar-refractivity contribution in [3.05, 3.63) is 69.0 Å². The molecule has 3 heterocycles. The topological polar surface area (TPSA) is 46.6 Å². The summed E-state index contributed by atoms with van der Waals surface area (Å²) in [6.45, 7) is 0.961. The van der Waals surface area contributed by atoms with E-state index in [0.717, 1.165) is 16.9 Å². The van der Waals surface area contributed by atoms with Crippen molar-refractivity contribution < 1.29 is 18.7 Å².